The topological polar surface area (TPSA) is 95.6 Å². The molecule has 1 fully saturated rings. The lowest BCUT2D eigenvalue weighted by Gasteiger charge is -2.25. The zero-order chi connectivity index (χ0) is 22.6. The molecule has 7 nitrogen and oxygen atoms in total. The minimum absolute atomic E-state index is 0.0376. The first-order chi connectivity index (χ1) is 14.7. The van der Waals surface area contributed by atoms with E-state index in [-0.39, 0.29) is 28.4 Å². The lowest BCUT2D eigenvalue weighted by molar-refractivity contribution is -0.125. The van der Waals surface area contributed by atoms with Crippen molar-refractivity contribution in [3.05, 3.63) is 59.1 Å². The van der Waals surface area contributed by atoms with Crippen molar-refractivity contribution in [3.8, 4) is 0 Å². The number of hydrogen-bond donors (Lipinski definition) is 2. The molecule has 0 radical (unpaired) electrons. The van der Waals surface area contributed by atoms with Crippen LogP contribution in [-0.2, 0) is 14.8 Å². The van der Waals surface area contributed by atoms with Crippen molar-refractivity contribution < 1.29 is 18.0 Å². The molecule has 0 aliphatic carbocycles. The highest BCUT2D eigenvalue weighted by Crippen LogP contribution is 2.23. The summed E-state index contributed by atoms with van der Waals surface area (Å²) in [5, 5.41) is 3.37. The summed E-state index contributed by atoms with van der Waals surface area (Å²) in [6.07, 6.45) is 2.16. The van der Waals surface area contributed by atoms with Crippen molar-refractivity contribution in [2.75, 3.05) is 11.3 Å². The molecule has 2 aromatic rings. The highest BCUT2D eigenvalue weighted by atomic mass is 35.5. The fourth-order valence-electron chi connectivity index (χ4n) is 3.43. The van der Waals surface area contributed by atoms with E-state index < -0.39 is 16.1 Å². The molecule has 1 heterocycles. The second-order valence-electron chi connectivity index (χ2n) is 7.61. The zero-order valence-corrected chi connectivity index (χ0v) is 19.0. The summed E-state index contributed by atoms with van der Waals surface area (Å²) < 4.78 is 27.7. The van der Waals surface area contributed by atoms with Crippen molar-refractivity contribution in [1.82, 2.24) is 10.2 Å². The fraction of sp³-hybridized carbons (Fsp3) is 0.364. The number of amides is 2. The van der Waals surface area contributed by atoms with Crippen LogP contribution in [0.1, 0.15) is 43.5 Å². The zero-order valence-electron chi connectivity index (χ0n) is 17.5. The molecule has 1 aliphatic heterocycles. The molecule has 2 aromatic carbocycles. The second kappa shape index (κ2) is 9.70. The predicted molar refractivity (Wildman–Crippen MR) is 121 cm³/mol. The summed E-state index contributed by atoms with van der Waals surface area (Å²) in [6.45, 7) is 4.40. The summed E-state index contributed by atoms with van der Waals surface area (Å²) in [5.74, 6) is -0.450. The van der Waals surface area contributed by atoms with Crippen LogP contribution in [-0.4, -0.2) is 43.8 Å². The van der Waals surface area contributed by atoms with Gasteiger partial charge in [0.15, 0.2) is 0 Å². The third-order valence-corrected chi connectivity index (χ3v) is 6.95. The summed E-state index contributed by atoms with van der Waals surface area (Å²) in [6, 6.07) is 11.6. The van der Waals surface area contributed by atoms with E-state index in [4.69, 9.17) is 11.6 Å². The van der Waals surface area contributed by atoms with Gasteiger partial charge in [-0.15, -0.1) is 0 Å². The average molecular weight is 464 g/mol. The van der Waals surface area contributed by atoms with E-state index in [1.165, 1.54) is 30.3 Å². The number of nitrogens with zero attached hydrogens (tertiary/aromatic N) is 1. The number of nitrogens with one attached hydrogen (secondary N) is 2. The molecule has 2 N–H and O–H groups in total. The molecule has 0 saturated carbocycles. The van der Waals surface area contributed by atoms with Gasteiger partial charge in [0, 0.05) is 28.9 Å². The van der Waals surface area contributed by atoms with Crippen LogP contribution in [0, 0.1) is 0 Å². The first kappa shape index (κ1) is 23.1. The Morgan fingerprint density at radius 3 is 2.58 bits per heavy atom. The third kappa shape index (κ3) is 5.57. The van der Waals surface area contributed by atoms with Crippen LogP contribution in [0.2, 0.25) is 5.02 Å². The molecule has 2 atom stereocenters. The number of hydrogen-bond acceptors (Lipinski definition) is 4. The third-order valence-electron chi connectivity index (χ3n) is 5.30. The number of halogens is 1. The Morgan fingerprint density at radius 1 is 1.19 bits per heavy atom. The molecular formula is C22H26ClN3O4S. The highest BCUT2D eigenvalue weighted by molar-refractivity contribution is 7.92. The molecule has 3 rings (SSSR count). The van der Waals surface area contributed by atoms with E-state index in [2.05, 4.69) is 10.0 Å². The maximum atomic E-state index is 13.1. The Bertz CT molecular complexity index is 1060. The molecule has 0 aromatic heterocycles. The molecule has 2 amide bonds. The summed E-state index contributed by atoms with van der Waals surface area (Å²) in [4.78, 5) is 27.3. The Hall–Kier alpha value is -2.58. The van der Waals surface area contributed by atoms with Crippen LogP contribution in [0.25, 0.3) is 0 Å². The number of rotatable bonds is 7. The molecule has 1 saturated heterocycles. The van der Waals surface area contributed by atoms with Gasteiger partial charge in [0.1, 0.15) is 6.04 Å². The molecule has 31 heavy (non-hydrogen) atoms. The van der Waals surface area contributed by atoms with Gasteiger partial charge >= 0.3 is 0 Å². The van der Waals surface area contributed by atoms with Crippen molar-refractivity contribution in [3.63, 3.8) is 0 Å². The summed E-state index contributed by atoms with van der Waals surface area (Å²) >= 11 is 5.82. The van der Waals surface area contributed by atoms with Gasteiger partial charge in [-0.25, -0.2) is 8.42 Å². The van der Waals surface area contributed by atoms with Crippen LogP contribution in [0.4, 0.5) is 5.69 Å². The van der Waals surface area contributed by atoms with Gasteiger partial charge in [-0.05, 0) is 68.7 Å². The van der Waals surface area contributed by atoms with Crippen LogP contribution < -0.4 is 10.0 Å². The van der Waals surface area contributed by atoms with Crippen molar-refractivity contribution in [1.29, 1.82) is 0 Å². The van der Waals surface area contributed by atoms with E-state index in [1.807, 2.05) is 13.8 Å². The van der Waals surface area contributed by atoms with E-state index in [0.717, 1.165) is 12.8 Å². The smallest absolute Gasteiger partial charge is 0.261 e. The number of benzene rings is 2. The van der Waals surface area contributed by atoms with Gasteiger partial charge in [-0.3, -0.25) is 14.3 Å². The van der Waals surface area contributed by atoms with Crippen molar-refractivity contribution >= 4 is 39.1 Å². The lowest BCUT2D eigenvalue weighted by atomic mass is 10.1. The lowest BCUT2D eigenvalue weighted by Crippen LogP contribution is -2.48. The van der Waals surface area contributed by atoms with Crippen LogP contribution in [0.3, 0.4) is 0 Å². The SMILES string of the molecule is CCC(C)NC(=O)C1CCCN1C(=O)c1cccc(NS(=O)(=O)c2ccc(Cl)cc2)c1. The number of likely N-dealkylation sites (tertiary alicyclic amines) is 1. The minimum atomic E-state index is -3.83. The number of carbonyl (C=O) groups excluding carboxylic acids is 2. The van der Waals surface area contributed by atoms with Crippen molar-refractivity contribution in [2.45, 2.75) is 50.1 Å². The van der Waals surface area contributed by atoms with Crippen LogP contribution in [0.15, 0.2) is 53.4 Å². The summed E-state index contributed by atoms with van der Waals surface area (Å²) in [7, 11) is -3.83. The molecule has 2 unspecified atom stereocenters. The normalized spacial score (nSPS) is 17.3. The van der Waals surface area contributed by atoms with Gasteiger partial charge < -0.3 is 10.2 Å². The standard InChI is InChI=1S/C22H26ClN3O4S/c1-3-15(2)24-21(27)20-8-5-13-26(20)22(28)16-6-4-7-18(14-16)25-31(29,30)19-11-9-17(23)10-12-19/h4,6-7,9-12,14-15,20,25H,3,5,8,13H2,1-2H3,(H,24,27). The van der Waals surface area contributed by atoms with E-state index in [0.29, 0.717) is 23.6 Å². The number of anilines is 1. The molecule has 1 aliphatic rings. The van der Waals surface area contributed by atoms with Crippen LogP contribution >= 0.6 is 11.6 Å². The Morgan fingerprint density at radius 2 is 1.90 bits per heavy atom. The first-order valence-electron chi connectivity index (χ1n) is 10.2. The van der Waals surface area contributed by atoms with E-state index >= 15 is 0 Å². The van der Waals surface area contributed by atoms with Gasteiger partial charge in [-0.2, -0.15) is 0 Å². The van der Waals surface area contributed by atoms with Crippen LogP contribution in [0.5, 0.6) is 0 Å². The molecule has 0 spiro atoms. The van der Waals surface area contributed by atoms with Crippen molar-refractivity contribution in [2.24, 2.45) is 0 Å². The quantitative estimate of drug-likeness (QED) is 0.655. The Balaban J connectivity index is 1.77. The second-order valence-corrected chi connectivity index (χ2v) is 9.73. The van der Waals surface area contributed by atoms with Gasteiger partial charge in [0.2, 0.25) is 5.91 Å². The predicted octanol–water partition coefficient (Wildman–Crippen LogP) is 3.66. The Kier molecular flexibility index (Phi) is 7.23. The van der Waals surface area contributed by atoms with Gasteiger partial charge in [-0.1, -0.05) is 24.6 Å². The molecular weight excluding hydrogens is 438 g/mol. The molecule has 9 heteroatoms. The average Bonchev–Trinajstić information content (AvgIpc) is 3.23. The van der Waals surface area contributed by atoms with E-state index in [9.17, 15) is 18.0 Å². The Labute approximate surface area is 187 Å². The summed E-state index contributed by atoms with van der Waals surface area (Å²) in [5.41, 5.74) is 0.583. The first-order valence-corrected chi connectivity index (χ1v) is 12.1. The van der Waals surface area contributed by atoms with Gasteiger partial charge in [0.25, 0.3) is 15.9 Å². The maximum absolute atomic E-state index is 13.1. The minimum Gasteiger partial charge on any atom is -0.352 e. The fourth-order valence-corrected chi connectivity index (χ4v) is 4.61. The number of carbonyl (C=O) groups is 2. The molecule has 0 bridgehead atoms. The largest absolute Gasteiger partial charge is 0.352 e. The van der Waals surface area contributed by atoms with Gasteiger partial charge in [0.05, 0.1) is 4.90 Å². The highest BCUT2D eigenvalue weighted by Gasteiger charge is 2.35. The van der Waals surface area contributed by atoms with E-state index in [1.54, 1.807) is 23.1 Å². The monoisotopic (exact) mass is 463 g/mol. The number of sulfonamides is 1. The molecule has 166 valence electrons. The maximum Gasteiger partial charge on any atom is 0.261 e.